The van der Waals surface area contributed by atoms with Crippen LogP contribution in [0.4, 0.5) is 5.95 Å². The van der Waals surface area contributed by atoms with Crippen molar-refractivity contribution >= 4 is 32.9 Å². The zero-order valence-electron chi connectivity index (χ0n) is 20.6. The Hall–Kier alpha value is -3.05. The maximum absolute atomic E-state index is 13.0. The van der Waals surface area contributed by atoms with Gasteiger partial charge in [-0.2, -0.15) is 0 Å². The highest BCUT2D eigenvalue weighted by molar-refractivity contribution is 7.89. The van der Waals surface area contributed by atoms with E-state index in [1.54, 1.807) is 30.6 Å². The molecule has 0 bridgehead atoms. The van der Waals surface area contributed by atoms with Crippen molar-refractivity contribution in [1.29, 1.82) is 0 Å². The number of carbonyl (C=O) groups excluding carboxylic acids is 1. The zero-order chi connectivity index (χ0) is 25.0. The van der Waals surface area contributed by atoms with Crippen molar-refractivity contribution in [3.63, 3.8) is 0 Å². The molecule has 0 spiro atoms. The molecule has 11 heteroatoms. The Morgan fingerprint density at radius 3 is 2.46 bits per heavy atom. The number of fused-ring (bicyclic) bond motifs is 1. The largest absolute Gasteiger partial charge is 0.339 e. The molecule has 0 saturated carbocycles. The number of aryl methyl sites for hydroxylation is 2. The molecule has 3 aromatic rings. The number of hydrogen-bond donors (Lipinski definition) is 0. The first-order chi connectivity index (χ1) is 16.8. The van der Waals surface area contributed by atoms with Gasteiger partial charge in [-0.25, -0.2) is 27.7 Å². The van der Waals surface area contributed by atoms with Crippen molar-refractivity contribution in [2.45, 2.75) is 44.0 Å². The molecule has 10 nitrogen and oxygen atoms in total. The van der Waals surface area contributed by atoms with E-state index in [1.165, 1.54) is 18.4 Å². The van der Waals surface area contributed by atoms with Crippen LogP contribution in [0.25, 0.3) is 11.0 Å². The van der Waals surface area contributed by atoms with Gasteiger partial charge in [0.1, 0.15) is 5.82 Å². The number of sulfonamides is 1. The van der Waals surface area contributed by atoms with Gasteiger partial charge in [-0.1, -0.05) is 13.3 Å². The summed E-state index contributed by atoms with van der Waals surface area (Å²) in [6.45, 7) is 5.59. The highest BCUT2D eigenvalue weighted by Gasteiger charge is 2.24. The van der Waals surface area contributed by atoms with Gasteiger partial charge in [0, 0.05) is 72.1 Å². The van der Waals surface area contributed by atoms with E-state index in [-0.39, 0.29) is 10.8 Å². The van der Waals surface area contributed by atoms with Gasteiger partial charge in [-0.15, -0.1) is 0 Å². The highest BCUT2D eigenvalue weighted by atomic mass is 32.2. The number of hydrogen-bond acceptors (Lipinski definition) is 7. The Kier molecular flexibility index (Phi) is 7.66. The average molecular weight is 500 g/mol. The van der Waals surface area contributed by atoms with Crippen LogP contribution >= 0.6 is 0 Å². The van der Waals surface area contributed by atoms with Crippen molar-refractivity contribution in [3.8, 4) is 0 Å². The van der Waals surface area contributed by atoms with E-state index in [0.29, 0.717) is 50.5 Å². The van der Waals surface area contributed by atoms with Crippen LogP contribution < -0.4 is 4.90 Å². The van der Waals surface area contributed by atoms with Gasteiger partial charge in [0.25, 0.3) is 0 Å². The van der Waals surface area contributed by atoms with Crippen LogP contribution in [0.5, 0.6) is 0 Å². The second-order valence-corrected chi connectivity index (χ2v) is 11.0. The molecule has 0 radical (unpaired) electrons. The van der Waals surface area contributed by atoms with E-state index >= 15 is 0 Å². The Labute approximate surface area is 206 Å². The monoisotopic (exact) mass is 499 g/mol. The Morgan fingerprint density at radius 1 is 1.09 bits per heavy atom. The van der Waals surface area contributed by atoms with Gasteiger partial charge in [-0.3, -0.25) is 4.79 Å². The average Bonchev–Trinajstić information content (AvgIpc) is 3.23. The van der Waals surface area contributed by atoms with E-state index in [1.807, 2.05) is 11.0 Å². The van der Waals surface area contributed by atoms with Crippen LogP contribution in [0.15, 0.2) is 41.6 Å². The summed E-state index contributed by atoms with van der Waals surface area (Å²) in [7, 11) is -0.509. The topological polar surface area (TPSA) is 105 Å². The van der Waals surface area contributed by atoms with Crippen LogP contribution in [0.1, 0.15) is 32.0 Å². The van der Waals surface area contributed by atoms with Crippen LogP contribution in [0, 0.1) is 0 Å². The fraction of sp³-hybridized carbons (Fsp3) is 0.500. The molecule has 1 saturated heterocycles. The molecule has 0 aliphatic carbocycles. The molecule has 35 heavy (non-hydrogen) atoms. The summed E-state index contributed by atoms with van der Waals surface area (Å²) in [6, 6.07) is 6.87. The maximum atomic E-state index is 13.0. The van der Waals surface area contributed by atoms with Gasteiger partial charge >= 0.3 is 0 Å². The number of imidazole rings is 1. The predicted molar refractivity (Wildman–Crippen MR) is 135 cm³/mol. The molecule has 1 amide bonds. The molecule has 0 atom stereocenters. The minimum Gasteiger partial charge on any atom is -0.339 e. The molecule has 3 heterocycles. The first kappa shape index (κ1) is 25.1. The number of benzene rings is 1. The van der Waals surface area contributed by atoms with Crippen molar-refractivity contribution < 1.29 is 13.2 Å². The summed E-state index contributed by atoms with van der Waals surface area (Å²) >= 11 is 0. The third kappa shape index (κ3) is 5.46. The van der Waals surface area contributed by atoms with Crippen LogP contribution in [0.2, 0.25) is 0 Å². The van der Waals surface area contributed by atoms with Crippen molar-refractivity contribution in [2.24, 2.45) is 0 Å². The minimum atomic E-state index is -3.54. The smallest absolute Gasteiger partial charge is 0.242 e. The van der Waals surface area contributed by atoms with E-state index in [4.69, 9.17) is 4.98 Å². The number of rotatable bonds is 9. The van der Waals surface area contributed by atoms with Crippen LogP contribution in [-0.4, -0.2) is 83.3 Å². The molecule has 0 N–H and O–H groups in total. The van der Waals surface area contributed by atoms with Gasteiger partial charge < -0.3 is 14.4 Å². The molecule has 1 aliphatic heterocycles. The van der Waals surface area contributed by atoms with E-state index in [2.05, 4.69) is 26.4 Å². The summed E-state index contributed by atoms with van der Waals surface area (Å²) in [4.78, 5) is 30.5. The number of anilines is 1. The number of aromatic nitrogens is 4. The number of nitrogens with zero attached hydrogens (tertiary/aromatic N) is 7. The number of piperazine rings is 1. The third-order valence-corrected chi connectivity index (χ3v) is 8.15. The molecule has 2 aromatic heterocycles. The number of carbonyl (C=O) groups is 1. The number of unbranched alkanes of at least 4 members (excludes halogenated alkanes) is 1. The summed E-state index contributed by atoms with van der Waals surface area (Å²) in [5.41, 5.74) is 1.54. The first-order valence-electron chi connectivity index (χ1n) is 12.0. The second kappa shape index (κ2) is 10.7. The highest BCUT2D eigenvalue weighted by Crippen LogP contribution is 2.23. The molecule has 1 fully saturated rings. The molecular formula is C24H33N7O3S. The van der Waals surface area contributed by atoms with Gasteiger partial charge in [0.15, 0.2) is 0 Å². The fourth-order valence-corrected chi connectivity index (χ4v) is 5.20. The summed E-state index contributed by atoms with van der Waals surface area (Å²) in [6.07, 6.45) is 6.33. The molecule has 4 rings (SSSR count). The Morgan fingerprint density at radius 2 is 1.80 bits per heavy atom. The molecule has 1 aromatic carbocycles. The van der Waals surface area contributed by atoms with Crippen LogP contribution in [0.3, 0.4) is 0 Å². The summed E-state index contributed by atoms with van der Waals surface area (Å²) in [5.74, 6) is 1.61. The van der Waals surface area contributed by atoms with E-state index < -0.39 is 10.0 Å². The zero-order valence-corrected chi connectivity index (χ0v) is 21.4. The Bertz CT molecular complexity index is 1270. The second-order valence-electron chi connectivity index (χ2n) is 8.89. The quantitative estimate of drug-likeness (QED) is 0.444. The molecule has 0 unspecified atom stereocenters. The maximum Gasteiger partial charge on any atom is 0.242 e. The standard InChI is InChI=1S/C24H33N7O3S/c1-4-5-13-31-21-8-7-19(35(33,34)28(2)3)18-20(21)27-22(31)9-10-23(32)29-14-16-30(17-15-29)24-25-11-6-12-26-24/h6-8,11-12,18H,4-5,9-10,13-17H2,1-3H3. The van der Waals surface area contributed by atoms with E-state index in [0.717, 1.165) is 30.7 Å². The van der Waals surface area contributed by atoms with Crippen molar-refractivity contribution in [1.82, 2.24) is 28.7 Å². The Balaban J connectivity index is 1.46. The minimum absolute atomic E-state index is 0.101. The lowest BCUT2D eigenvalue weighted by Crippen LogP contribution is -2.49. The van der Waals surface area contributed by atoms with Gasteiger partial charge in [0.2, 0.25) is 21.9 Å². The normalized spacial score (nSPS) is 14.7. The van der Waals surface area contributed by atoms with Crippen LogP contribution in [-0.2, 0) is 27.8 Å². The summed E-state index contributed by atoms with van der Waals surface area (Å²) < 4.78 is 28.5. The number of amides is 1. The fourth-order valence-electron chi connectivity index (χ4n) is 4.27. The molecular weight excluding hydrogens is 466 g/mol. The molecule has 188 valence electrons. The van der Waals surface area contributed by atoms with Gasteiger partial charge in [0.05, 0.1) is 15.9 Å². The van der Waals surface area contributed by atoms with Gasteiger partial charge in [-0.05, 0) is 30.7 Å². The predicted octanol–water partition coefficient (Wildman–Crippen LogP) is 2.16. The summed E-state index contributed by atoms with van der Waals surface area (Å²) in [5, 5.41) is 0. The van der Waals surface area contributed by atoms with Crippen molar-refractivity contribution in [2.75, 3.05) is 45.2 Å². The SMILES string of the molecule is CCCCn1c(CCC(=O)N2CCN(c3ncccn3)CC2)nc2cc(S(=O)(=O)N(C)C)ccc21. The lowest BCUT2D eigenvalue weighted by molar-refractivity contribution is -0.131. The first-order valence-corrected chi connectivity index (χ1v) is 13.5. The lowest BCUT2D eigenvalue weighted by Gasteiger charge is -2.34. The molecule has 1 aliphatic rings. The van der Waals surface area contributed by atoms with Crippen molar-refractivity contribution in [3.05, 3.63) is 42.5 Å². The third-order valence-electron chi connectivity index (χ3n) is 6.34. The lowest BCUT2D eigenvalue weighted by atomic mass is 10.2. The van der Waals surface area contributed by atoms with E-state index in [9.17, 15) is 13.2 Å².